The lowest BCUT2D eigenvalue weighted by atomic mass is 9.98. The number of hydrogen-bond donors (Lipinski definition) is 7. The molecule has 52 heavy (non-hydrogen) atoms. The van der Waals surface area contributed by atoms with E-state index >= 15 is 0 Å². The Kier molecular flexibility index (Phi) is 13.3. The monoisotopic (exact) mass is 723 g/mol. The van der Waals surface area contributed by atoms with Gasteiger partial charge in [-0.2, -0.15) is 0 Å². The molecule has 3 aliphatic heterocycles. The summed E-state index contributed by atoms with van der Waals surface area (Å²) in [6.07, 6.45) is 3.50. The second-order valence-corrected chi connectivity index (χ2v) is 14.7. The fraction of sp³-hybridized carbons (Fsp3) is 0.622. The summed E-state index contributed by atoms with van der Waals surface area (Å²) in [6.45, 7) is 6.42. The number of carbonyl (C=O) groups is 6. The van der Waals surface area contributed by atoms with Gasteiger partial charge in [-0.15, -0.1) is 0 Å². The van der Waals surface area contributed by atoms with Crippen LogP contribution in [0.2, 0.25) is 0 Å². The standard InChI is InChI=1S/C37H53N7O8/c1-21(2)16-30-37(51)44-20-25(45)18-31(44)36(50)38-13-7-6-10-28(41-33(47)23-11-14-52-15-12-23)34(48)40-22(3)32(46)42-29(35(49)43-30)17-24-19-39-27-9-5-4-8-26(24)27/h4-5,8-9,19,21-23,25,28-31,39,45H,6-7,10-18,20H2,1-3H3,(H,38,50)(H,40,48)(H,41,47)(H,42,46)(H,43,49)/t22-,25-,28+,29+,30-,31+/m1/s1. The van der Waals surface area contributed by atoms with E-state index in [0.29, 0.717) is 38.9 Å². The van der Waals surface area contributed by atoms with Crippen LogP contribution in [0.1, 0.15) is 71.3 Å². The van der Waals surface area contributed by atoms with Crippen molar-refractivity contribution in [3.05, 3.63) is 36.0 Å². The number of nitrogens with zero attached hydrogens (tertiary/aromatic N) is 1. The van der Waals surface area contributed by atoms with Crippen LogP contribution < -0.4 is 26.6 Å². The number of aromatic nitrogens is 1. The van der Waals surface area contributed by atoms with Crippen LogP contribution in [0.5, 0.6) is 0 Å². The molecule has 4 heterocycles. The molecule has 6 atom stereocenters. The SMILES string of the molecule is CC(C)C[C@H]1NC(=O)[C@H](Cc2c[nH]c3ccccc23)NC(=O)[C@@H](C)NC(=O)[C@@H](NC(=O)C2CCOCC2)CCCCNC(=O)[C@@H]2C[C@@H](O)CN2C1=O. The quantitative estimate of drug-likeness (QED) is 0.221. The molecule has 0 bridgehead atoms. The van der Waals surface area contributed by atoms with Crippen molar-refractivity contribution in [1.29, 1.82) is 0 Å². The summed E-state index contributed by atoms with van der Waals surface area (Å²) in [5.74, 6) is -3.26. The molecule has 15 heteroatoms. The summed E-state index contributed by atoms with van der Waals surface area (Å²) in [4.78, 5) is 86.6. The number of ether oxygens (including phenoxy) is 1. The number of aliphatic hydroxyl groups is 1. The van der Waals surface area contributed by atoms with Crippen LogP contribution in [-0.4, -0.2) is 113 Å². The van der Waals surface area contributed by atoms with Gasteiger partial charge in [-0.05, 0) is 63.0 Å². The first-order valence-corrected chi connectivity index (χ1v) is 18.5. The largest absolute Gasteiger partial charge is 0.391 e. The molecule has 5 rings (SSSR count). The number of carbonyl (C=O) groups excluding carboxylic acids is 6. The number of benzene rings is 1. The van der Waals surface area contributed by atoms with Gasteiger partial charge in [0.05, 0.1) is 6.10 Å². The number of amides is 6. The van der Waals surface area contributed by atoms with Crippen molar-refractivity contribution in [2.24, 2.45) is 11.8 Å². The molecular weight excluding hydrogens is 670 g/mol. The molecule has 15 nitrogen and oxygen atoms in total. The number of nitrogens with one attached hydrogen (secondary N) is 6. The Balaban J connectivity index is 1.43. The van der Waals surface area contributed by atoms with Crippen LogP contribution in [0, 0.1) is 11.8 Å². The van der Waals surface area contributed by atoms with Crippen LogP contribution in [0.15, 0.2) is 30.5 Å². The van der Waals surface area contributed by atoms with Crippen molar-refractivity contribution in [3.8, 4) is 0 Å². The normalized spacial score (nSPS) is 27.9. The van der Waals surface area contributed by atoms with Gasteiger partial charge in [0.2, 0.25) is 35.4 Å². The molecule has 0 spiro atoms. The van der Waals surface area contributed by atoms with Gasteiger partial charge < -0.3 is 46.3 Å². The maximum atomic E-state index is 14.1. The van der Waals surface area contributed by atoms with Crippen LogP contribution >= 0.6 is 0 Å². The van der Waals surface area contributed by atoms with E-state index < -0.39 is 65.8 Å². The lowest BCUT2D eigenvalue weighted by Gasteiger charge is -2.30. The number of H-pyrrole nitrogens is 1. The first-order chi connectivity index (χ1) is 24.9. The maximum Gasteiger partial charge on any atom is 0.245 e. The Morgan fingerprint density at radius 3 is 2.42 bits per heavy atom. The third kappa shape index (κ3) is 9.88. The van der Waals surface area contributed by atoms with Crippen molar-refractivity contribution in [3.63, 3.8) is 0 Å². The molecule has 3 fully saturated rings. The minimum atomic E-state index is -1.15. The predicted molar refractivity (Wildman–Crippen MR) is 191 cm³/mol. The molecule has 3 saturated heterocycles. The maximum absolute atomic E-state index is 14.1. The Morgan fingerprint density at radius 2 is 1.67 bits per heavy atom. The molecule has 1 aromatic heterocycles. The summed E-state index contributed by atoms with van der Waals surface area (Å²) >= 11 is 0. The van der Waals surface area contributed by atoms with Crippen LogP contribution in [-0.2, 0) is 39.9 Å². The fourth-order valence-electron chi connectivity index (χ4n) is 7.20. The Morgan fingerprint density at radius 1 is 0.942 bits per heavy atom. The smallest absolute Gasteiger partial charge is 0.245 e. The highest BCUT2D eigenvalue weighted by molar-refractivity contribution is 5.97. The average Bonchev–Trinajstić information content (AvgIpc) is 3.72. The number of hydrogen-bond acceptors (Lipinski definition) is 8. The lowest BCUT2D eigenvalue weighted by Crippen LogP contribution is -2.59. The van der Waals surface area contributed by atoms with E-state index in [4.69, 9.17) is 4.74 Å². The van der Waals surface area contributed by atoms with Gasteiger partial charge in [-0.3, -0.25) is 28.8 Å². The lowest BCUT2D eigenvalue weighted by molar-refractivity contribution is -0.142. The number of fused-ring (bicyclic) bond motifs is 2. The highest BCUT2D eigenvalue weighted by Gasteiger charge is 2.42. The molecule has 3 aliphatic rings. The second kappa shape index (κ2) is 17.8. The summed E-state index contributed by atoms with van der Waals surface area (Å²) < 4.78 is 5.38. The zero-order valence-corrected chi connectivity index (χ0v) is 30.2. The van der Waals surface area contributed by atoms with E-state index in [1.165, 1.54) is 11.8 Å². The van der Waals surface area contributed by atoms with Gasteiger partial charge in [0.1, 0.15) is 30.2 Å². The van der Waals surface area contributed by atoms with Gasteiger partial charge in [-0.1, -0.05) is 32.0 Å². The van der Waals surface area contributed by atoms with E-state index in [1.54, 1.807) is 6.20 Å². The molecule has 0 unspecified atom stereocenters. The van der Waals surface area contributed by atoms with Crippen LogP contribution in [0.4, 0.5) is 0 Å². The van der Waals surface area contributed by atoms with Gasteiger partial charge in [0.25, 0.3) is 0 Å². The van der Waals surface area contributed by atoms with Crippen molar-refractivity contribution in [2.45, 2.75) is 108 Å². The second-order valence-electron chi connectivity index (χ2n) is 14.7. The van der Waals surface area contributed by atoms with Gasteiger partial charge in [0.15, 0.2) is 0 Å². The molecule has 284 valence electrons. The number of para-hydroxylation sites is 1. The fourth-order valence-corrected chi connectivity index (χ4v) is 7.20. The van der Waals surface area contributed by atoms with Crippen LogP contribution in [0.25, 0.3) is 10.9 Å². The molecule has 7 N–H and O–H groups in total. The molecule has 1 aromatic carbocycles. The third-order valence-corrected chi connectivity index (χ3v) is 10.1. The number of aliphatic hydroxyl groups excluding tert-OH is 1. The van der Waals surface area contributed by atoms with Gasteiger partial charge >= 0.3 is 0 Å². The minimum Gasteiger partial charge on any atom is -0.391 e. The topological polar surface area (TPSA) is 211 Å². The average molecular weight is 724 g/mol. The summed E-state index contributed by atoms with van der Waals surface area (Å²) in [6, 6.07) is 2.41. The number of rotatable bonds is 6. The molecule has 0 radical (unpaired) electrons. The Labute approximate surface area is 303 Å². The first-order valence-electron chi connectivity index (χ1n) is 18.5. The molecule has 0 saturated carbocycles. The predicted octanol–water partition coefficient (Wildman–Crippen LogP) is 0.404. The minimum absolute atomic E-state index is 0.0209. The van der Waals surface area contributed by atoms with E-state index in [2.05, 4.69) is 31.6 Å². The van der Waals surface area contributed by atoms with Gasteiger partial charge in [0, 0.05) is 62.2 Å². The van der Waals surface area contributed by atoms with Crippen molar-refractivity contribution in [2.75, 3.05) is 26.3 Å². The Hall–Kier alpha value is -4.50. The summed E-state index contributed by atoms with van der Waals surface area (Å²) in [5.41, 5.74) is 1.60. The zero-order valence-electron chi connectivity index (χ0n) is 30.2. The van der Waals surface area contributed by atoms with Crippen molar-refractivity contribution in [1.82, 2.24) is 36.5 Å². The van der Waals surface area contributed by atoms with E-state index in [1.807, 2.05) is 38.1 Å². The number of aromatic amines is 1. The molecule has 6 amide bonds. The van der Waals surface area contributed by atoms with Crippen molar-refractivity contribution < 1.29 is 38.6 Å². The summed E-state index contributed by atoms with van der Waals surface area (Å²) in [7, 11) is 0. The van der Waals surface area contributed by atoms with E-state index in [0.717, 1.165) is 16.5 Å². The molecule has 2 aromatic rings. The first kappa shape index (κ1) is 38.7. The Bertz CT molecular complexity index is 1610. The molecule has 0 aliphatic carbocycles. The van der Waals surface area contributed by atoms with E-state index in [9.17, 15) is 33.9 Å². The highest BCUT2D eigenvalue weighted by Crippen LogP contribution is 2.23. The molecular formula is C37H53N7O8. The van der Waals surface area contributed by atoms with E-state index in [-0.39, 0.29) is 56.5 Å². The van der Waals surface area contributed by atoms with Gasteiger partial charge in [-0.25, -0.2) is 0 Å². The summed E-state index contributed by atoms with van der Waals surface area (Å²) in [5, 5.41) is 25.5. The zero-order chi connectivity index (χ0) is 37.4. The van der Waals surface area contributed by atoms with Crippen molar-refractivity contribution >= 4 is 46.3 Å². The highest BCUT2D eigenvalue weighted by atomic mass is 16.5. The van der Waals surface area contributed by atoms with Crippen LogP contribution in [0.3, 0.4) is 0 Å². The third-order valence-electron chi connectivity index (χ3n) is 10.1.